The summed E-state index contributed by atoms with van der Waals surface area (Å²) in [6.07, 6.45) is 0.841. The number of hydrogen-bond donors (Lipinski definition) is 1. The number of terminal acetylenes is 1. The third kappa shape index (κ3) is 1.90. The summed E-state index contributed by atoms with van der Waals surface area (Å²) in [5.74, 6) is 0.304. The van der Waals surface area contributed by atoms with Crippen LogP contribution in [0.3, 0.4) is 0 Å². The molecule has 0 spiro atoms. The Kier molecular flexibility index (Phi) is 1.94. The van der Waals surface area contributed by atoms with Crippen LogP contribution in [0.2, 0.25) is 0 Å². The lowest BCUT2D eigenvalue weighted by atomic mass is 10.2. The van der Waals surface area contributed by atoms with Gasteiger partial charge in [-0.05, 0) is 6.92 Å². The second kappa shape index (κ2) is 2.10. The van der Waals surface area contributed by atoms with Crippen molar-refractivity contribution in [3.63, 3.8) is 0 Å². The minimum Gasteiger partial charge on any atom is -0.335 e. The molecule has 0 rings (SSSR count). The van der Waals surface area contributed by atoms with E-state index in [-0.39, 0.29) is 0 Å². The lowest BCUT2D eigenvalue weighted by Crippen LogP contribution is -2.23. The fraction of sp³-hybridized carbons (Fsp3) is 0.600. The van der Waals surface area contributed by atoms with Gasteiger partial charge in [-0.3, -0.25) is 0 Å². The van der Waals surface area contributed by atoms with Gasteiger partial charge >= 0.3 is 6.11 Å². The SMILES string of the molecule is C#CC(C)C(O)(F)F. The highest BCUT2D eigenvalue weighted by molar-refractivity contribution is 4.93. The van der Waals surface area contributed by atoms with Crippen molar-refractivity contribution in [1.82, 2.24) is 0 Å². The summed E-state index contributed by atoms with van der Waals surface area (Å²) in [5, 5.41) is 7.81. The minimum atomic E-state index is -3.73. The lowest BCUT2D eigenvalue weighted by molar-refractivity contribution is -0.219. The van der Waals surface area contributed by atoms with E-state index < -0.39 is 12.0 Å². The van der Waals surface area contributed by atoms with Crippen LogP contribution in [0.1, 0.15) is 6.92 Å². The van der Waals surface area contributed by atoms with Gasteiger partial charge < -0.3 is 5.11 Å². The summed E-state index contributed by atoms with van der Waals surface area (Å²) in [7, 11) is 0. The highest BCUT2D eigenvalue weighted by Gasteiger charge is 2.31. The molecule has 0 aliphatic carbocycles. The first-order valence-electron chi connectivity index (χ1n) is 2.04. The van der Waals surface area contributed by atoms with Gasteiger partial charge in [0.05, 0.1) is 0 Å². The molecule has 1 unspecified atom stereocenters. The van der Waals surface area contributed by atoms with E-state index in [2.05, 4.69) is 6.42 Å². The van der Waals surface area contributed by atoms with Crippen LogP contribution >= 0.6 is 0 Å². The molecule has 0 aliphatic rings. The van der Waals surface area contributed by atoms with E-state index in [4.69, 9.17) is 5.11 Å². The molecule has 0 aliphatic heterocycles. The smallest absolute Gasteiger partial charge is 0.335 e. The molecule has 0 aromatic heterocycles. The molecule has 0 bridgehead atoms. The van der Waals surface area contributed by atoms with Crippen molar-refractivity contribution < 1.29 is 13.9 Å². The van der Waals surface area contributed by atoms with Crippen molar-refractivity contribution in [2.75, 3.05) is 0 Å². The molecule has 8 heavy (non-hydrogen) atoms. The van der Waals surface area contributed by atoms with Crippen molar-refractivity contribution in [1.29, 1.82) is 0 Å². The van der Waals surface area contributed by atoms with E-state index in [0.717, 1.165) is 6.92 Å². The van der Waals surface area contributed by atoms with Crippen molar-refractivity contribution >= 4 is 0 Å². The Labute approximate surface area is 46.3 Å². The Morgan fingerprint density at radius 1 is 1.75 bits per heavy atom. The van der Waals surface area contributed by atoms with Crippen LogP contribution in [0.15, 0.2) is 0 Å². The fourth-order valence-electron chi connectivity index (χ4n) is 0.100. The summed E-state index contributed by atoms with van der Waals surface area (Å²) >= 11 is 0. The maximum atomic E-state index is 11.5. The van der Waals surface area contributed by atoms with E-state index in [1.807, 2.05) is 0 Å². The van der Waals surface area contributed by atoms with Gasteiger partial charge in [-0.1, -0.05) is 5.92 Å². The van der Waals surface area contributed by atoms with E-state index in [1.165, 1.54) is 0 Å². The molecule has 0 radical (unpaired) electrons. The molecule has 0 saturated carbocycles. The van der Waals surface area contributed by atoms with Crippen LogP contribution < -0.4 is 0 Å². The zero-order chi connectivity index (χ0) is 6.78. The molecular formula is C5H6F2O. The number of rotatable bonds is 1. The summed E-state index contributed by atoms with van der Waals surface area (Å²) in [6.45, 7) is 1.07. The Morgan fingerprint density at radius 2 is 2.12 bits per heavy atom. The van der Waals surface area contributed by atoms with E-state index in [0.29, 0.717) is 0 Å². The largest absolute Gasteiger partial charge is 0.366 e. The van der Waals surface area contributed by atoms with Crippen LogP contribution in [0.5, 0.6) is 0 Å². The Bertz CT molecular complexity index is 109. The molecule has 0 amide bonds. The molecule has 0 aromatic carbocycles. The average Bonchev–Trinajstić information content (AvgIpc) is 1.62. The maximum Gasteiger partial charge on any atom is 0.366 e. The average molecular weight is 120 g/mol. The van der Waals surface area contributed by atoms with Crippen LogP contribution in [0.4, 0.5) is 8.78 Å². The van der Waals surface area contributed by atoms with Gasteiger partial charge in [0, 0.05) is 0 Å². The predicted molar refractivity (Wildman–Crippen MR) is 25.2 cm³/mol. The fourth-order valence-corrected chi connectivity index (χ4v) is 0.100. The summed E-state index contributed by atoms with van der Waals surface area (Å²) < 4.78 is 23.1. The van der Waals surface area contributed by atoms with Gasteiger partial charge in [0.15, 0.2) is 0 Å². The summed E-state index contributed by atoms with van der Waals surface area (Å²) in [4.78, 5) is 0. The van der Waals surface area contributed by atoms with Crippen molar-refractivity contribution in [3.8, 4) is 12.3 Å². The Balaban J connectivity index is 3.87. The number of aliphatic hydroxyl groups is 1. The number of alkyl halides is 2. The number of hydrogen-bond acceptors (Lipinski definition) is 1. The van der Waals surface area contributed by atoms with Crippen molar-refractivity contribution in [2.24, 2.45) is 5.92 Å². The van der Waals surface area contributed by atoms with Crippen molar-refractivity contribution in [2.45, 2.75) is 13.0 Å². The molecule has 0 aromatic rings. The van der Waals surface area contributed by atoms with Crippen LogP contribution in [0.25, 0.3) is 0 Å². The van der Waals surface area contributed by atoms with Gasteiger partial charge in [0.1, 0.15) is 5.92 Å². The lowest BCUT2D eigenvalue weighted by Gasteiger charge is -2.09. The second-order valence-electron chi connectivity index (χ2n) is 1.48. The first-order valence-corrected chi connectivity index (χ1v) is 2.04. The monoisotopic (exact) mass is 120 g/mol. The van der Waals surface area contributed by atoms with Crippen LogP contribution in [-0.2, 0) is 0 Å². The summed E-state index contributed by atoms with van der Waals surface area (Å²) in [6, 6.07) is 0. The first kappa shape index (κ1) is 7.38. The second-order valence-corrected chi connectivity index (χ2v) is 1.48. The standard InChI is InChI=1S/C5H6F2O/c1-3-4(2)5(6,7)8/h1,4,8H,2H3. The van der Waals surface area contributed by atoms with Gasteiger partial charge in [-0.15, -0.1) is 6.42 Å². The molecule has 1 atom stereocenters. The molecule has 1 N–H and O–H groups in total. The number of halogens is 2. The Morgan fingerprint density at radius 3 is 2.12 bits per heavy atom. The zero-order valence-electron chi connectivity index (χ0n) is 4.36. The summed E-state index contributed by atoms with van der Waals surface area (Å²) in [5.41, 5.74) is 0. The molecule has 3 heteroatoms. The quantitative estimate of drug-likeness (QED) is 0.508. The minimum absolute atomic E-state index is 1.07. The molecule has 0 fully saturated rings. The first-order chi connectivity index (χ1) is 3.48. The van der Waals surface area contributed by atoms with Gasteiger partial charge in [0.25, 0.3) is 0 Å². The predicted octanol–water partition coefficient (Wildman–Crippen LogP) is 0.841. The molecule has 46 valence electrons. The van der Waals surface area contributed by atoms with Gasteiger partial charge in [0.2, 0.25) is 0 Å². The third-order valence-electron chi connectivity index (χ3n) is 0.771. The van der Waals surface area contributed by atoms with E-state index in [9.17, 15) is 8.78 Å². The third-order valence-corrected chi connectivity index (χ3v) is 0.771. The van der Waals surface area contributed by atoms with Gasteiger partial charge in [-0.25, -0.2) is 0 Å². The van der Waals surface area contributed by atoms with E-state index >= 15 is 0 Å². The Hall–Kier alpha value is -0.620. The molecule has 1 nitrogen and oxygen atoms in total. The highest BCUT2D eigenvalue weighted by Crippen LogP contribution is 2.18. The molecule has 0 saturated heterocycles. The zero-order valence-corrected chi connectivity index (χ0v) is 4.36. The molecule has 0 heterocycles. The van der Waals surface area contributed by atoms with Crippen LogP contribution in [0, 0.1) is 18.3 Å². The van der Waals surface area contributed by atoms with E-state index in [1.54, 1.807) is 5.92 Å². The highest BCUT2D eigenvalue weighted by atomic mass is 19.3. The van der Waals surface area contributed by atoms with Crippen molar-refractivity contribution in [3.05, 3.63) is 0 Å². The normalized spacial score (nSPS) is 14.9. The van der Waals surface area contributed by atoms with Gasteiger partial charge in [-0.2, -0.15) is 8.78 Å². The van der Waals surface area contributed by atoms with Crippen LogP contribution in [-0.4, -0.2) is 11.2 Å². The maximum absolute atomic E-state index is 11.5. The molecular weight excluding hydrogens is 114 g/mol. The topological polar surface area (TPSA) is 20.2 Å².